The van der Waals surface area contributed by atoms with Gasteiger partial charge in [0.25, 0.3) is 5.91 Å². The van der Waals surface area contributed by atoms with E-state index in [4.69, 9.17) is 17.3 Å². The number of benzene rings is 2. The van der Waals surface area contributed by atoms with Gasteiger partial charge >= 0.3 is 5.97 Å². The SMILES string of the molecule is O=C(CCN1C(=O)/C(=C/c2cccc(F)c2)SC1=S)Nc1ccc(C(=O)O)c(O)c1. The molecule has 0 atom stereocenters. The molecule has 30 heavy (non-hydrogen) atoms. The highest BCUT2D eigenvalue weighted by Crippen LogP contribution is 2.32. The Morgan fingerprint density at radius 2 is 2.00 bits per heavy atom. The van der Waals surface area contributed by atoms with Crippen LogP contribution in [0.4, 0.5) is 10.1 Å². The molecule has 1 fully saturated rings. The maximum Gasteiger partial charge on any atom is 0.339 e. The summed E-state index contributed by atoms with van der Waals surface area (Å²) in [4.78, 5) is 37.3. The Morgan fingerprint density at radius 1 is 1.23 bits per heavy atom. The quantitative estimate of drug-likeness (QED) is 0.461. The Bertz CT molecular complexity index is 1090. The third kappa shape index (κ3) is 5.02. The molecule has 2 aromatic carbocycles. The van der Waals surface area contributed by atoms with Crippen LogP contribution in [0.2, 0.25) is 0 Å². The zero-order valence-corrected chi connectivity index (χ0v) is 16.9. The van der Waals surface area contributed by atoms with E-state index in [0.29, 0.717) is 14.8 Å². The Kier molecular flexibility index (Phi) is 6.48. The van der Waals surface area contributed by atoms with Crippen LogP contribution in [0.25, 0.3) is 6.08 Å². The molecular formula is C20H15FN2O5S2. The third-order valence-electron chi connectivity index (χ3n) is 4.09. The van der Waals surface area contributed by atoms with Crippen molar-refractivity contribution in [1.29, 1.82) is 0 Å². The highest BCUT2D eigenvalue weighted by molar-refractivity contribution is 8.26. The number of thioether (sulfide) groups is 1. The first kappa shape index (κ1) is 21.5. The molecule has 0 saturated carbocycles. The highest BCUT2D eigenvalue weighted by Gasteiger charge is 2.32. The van der Waals surface area contributed by atoms with E-state index in [1.807, 2.05) is 0 Å². The molecule has 0 unspecified atom stereocenters. The van der Waals surface area contributed by atoms with E-state index in [1.54, 1.807) is 6.07 Å². The summed E-state index contributed by atoms with van der Waals surface area (Å²) in [7, 11) is 0. The number of hydrogen-bond acceptors (Lipinski definition) is 6. The molecule has 3 N–H and O–H groups in total. The molecule has 2 aromatic rings. The van der Waals surface area contributed by atoms with Crippen LogP contribution in [0.15, 0.2) is 47.4 Å². The fraction of sp³-hybridized carbons (Fsp3) is 0.100. The Hall–Kier alpha value is -3.24. The number of anilines is 1. The molecule has 1 saturated heterocycles. The van der Waals surface area contributed by atoms with Crippen molar-refractivity contribution >= 4 is 57.8 Å². The summed E-state index contributed by atoms with van der Waals surface area (Å²) in [5.41, 5.74) is 0.465. The number of nitrogens with zero attached hydrogens (tertiary/aromatic N) is 1. The lowest BCUT2D eigenvalue weighted by atomic mass is 10.2. The van der Waals surface area contributed by atoms with Crippen LogP contribution in [0, 0.1) is 5.82 Å². The first-order valence-electron chi connectivity index (χ1n) is 8.61. The molecule has 0 aromatic heterocycles. The maximum atomic E-state index is 13.3. The number of carbonyl (C=O) groups is 3. The summed E-state index contributed by atoms with van der Waals surface area (Å²) in [5.74, 6) is -2.99. The number of carboxylic acids is 1. The lowest BCUT2D eigenvalue weighted by molar-refractivity contribution is -0.122. The van der Waals surface area contributed by atoms with Gasteiger partial charge in [-0.25, -0.2) is 9.18 Å². The molecule has 10 heteroatoms. The van der Waals surface area contributed by atoms with Gasteiger partial charge in [-0.2, -0.15) is 0 Å². The van der Waals surface area contributed by atoms with Crippen molar-refractivity contribution in [1.82, 2.24) is 4.90 Å². The van der Waals surface area contributed by atoms with E-state index in [-0.39, 0.29) is 30.1 Å². The van der Waals surface area contributed by atoms with Crippen LogP contribution >= 0.6 is 24.0 Å². The minimum Gasteiger partial charge on any atom is -0.507 e. The monoisotopic (exact) mass is 446 g/mol. The van der Waals surface area contributed by atoms with Gasteiger partial charge in [-0.05, 0) is 35.9 Å². The highest BCUT2D eigenvalue weighted by atomic mass is 32.2. The summed E-state index contributed by atoms with van der Waals surface area (Å²) < 4.78 is 13.6. The molecule has 0 radical (unpaired) electrons. The molecule has 1 aliphatic heterocycles. The van der Waals surface area contributed by atoms with Gasteiger partial charge in [0, 0.05) is 24.7 Å². The number of halogens is 1. The number of amides is 2. The summed E-state index contributed by atoms with van der Waals surface area (Å²) in [6.45, 7) is 0.0379. The van der Waals surface area contributed by atoms with E-state index < -0.39 is 23.4 Å². The average molecular weight is 446 g/mol. The third-order valence-corrected chi connectivity index (χ3v) is 5.47. The molecule has 0 aliphatic carbocycles. The second-order valence-corrected chi connectivity index (χ2v) is 7.90. The van der Waals surface area contributed by atoms with Crippen molar-refractivity contribution in [3.8, 4) is 5.75 Å². The van der Waals surface area contributed by atoms with Gasteiger partial charge in [0.2, 0.25) is 5.91 Å². The van der Waals surface area contributed by atoms with Crippen molar-refractivity contribution < 1.29 is 29.0 Å². The first-order chi connectivity index (χ1) is 14.2. The average Bonchev–Trinajstić information content (AvgIpc) is 2.93. The predicted molar refractivity (Wildman–Crippen MR) is 115 cm³/mol. The van der Waals surface area contributed by atoms with Gasteiger partial charge in [0.1, 0.15) is 21.5 Å². The lowest BCUT2D eigenvalue weighted by Gasteiger charge is -2.14. The molecule has 1 heterocycles. The van der Waals surface area contributed by atoms with E-state index in [9.17, 15) is 23.9 Å². The van der Waals surface area contributed by atoms with E-state index >= 15 is 0 Å². The van der Waals surface area contributed by atoms with Crippen molar-refractivity contribution in [2.75, 3.05) is 11.9 Å². The van der Waals surface area contributed by atoms with E-state index in [0.717, 1.165) is 17.8 Å². The number of carbonyl (C=O) groups excluding carboxylic acids is 2. The number of aromatic hydroxyl groups is 1. The molecule has 3 rings (SSSR count). The number of carboxylic acid groups (broad SMARTS) is 1. The number of thiocarbonyl (C=S) groups is 1. The van der Waals surface area contributed by atoms with Crippen LogP contribution in [0.5, 0.6) is 5.75 Å². The fourth-order valence-corrected chi connectivity index (χ4v) is 3.98. The van der Waals surface area contributed by atoms with Crippen LogP contribution < -0.4 is 5.32 Å². The zero-order valence-electron chi connectivity index (χ0n) is 15.3. The fourth-order valence-electron chi connectivity index (χ4n) is 2.67. The van der Waals surface area contributed by atoms with Crippen molar-refractivity contribution in [2.24, 2.45) is 0 Å². The lowest BCUT2D eigenvalue weighted by Crippen LogP contribution is -2.31. The van der Waals surface area contributed by atoms with Gasteiger partial charge in [-0.1, -0.05) is 36.1 Å². The Morgan fingerprint density at radius 3 is 2.67 bits per heavy atom. The van der Waals surface area contributed by atoms with Crippen LogP contribution in [0.3, 0.4) is 0 Å². The summed E-state index contributed by atoms with van der Waals surface area (Å²) >= 11 is 6.28. The molecule has 7 nitrogen and oxygen atoms in total. The Balaban J connectivity index is 1.61. The van der Waals surface area contributed by atoms with Gasteiger partial charge < -0.3 is 15.5 Å². The maximum absolute atomic E-state index is 13.3. The van der Waals surface area contributed by atoms with Gasteiger partial charge in [0.15, 0.2) is 0 Å². The number of phenols is 1. The number of nitrogens with one attached hydrogen (secondary N) is 1. The van der Waals surface area contributed by atoms with E-state index in [2.05, 4.69) is 5.32 Å². The van der Waals surface area contributed by atoms with Gasteiger partial charge in [-0.15, -0.1) is 0 Å². The van der Waals surface area contributed by atoms with Gasteiger partial charge in [-0.3, -0.25) is 14.5 Å². The molecule has 0 bridgehead atoms. The Labute approximate surface area is 180 Å². The van der Waals surface area contributed by atoms with Crippen molar-refractivity contribution in [3.05, 3.63) is 64.3 Å². The van der Waals surface area contributed by atoms with E-state index in [1.165, 1.54) is 41.3 Å². The molecule has 0 spiro atoms. The second-order valence-electron chi connectivity index (χ2n) is 6.22. The largest absolute Gasteiger partial charge is 0.507 e. The molecule has 154 valence electrons. The number of hydrogen-bond donors (Lipinski definition) is 3. The zero-order chi connectivity index (χ0) is 21.8. The standard InChI is InChI=1S/C20H15FN2O5S2/c21-12-3-1-2-11(8-12)9-16-18(26)23(20(29)30-16)7-6-17(25)22-13-4-5-14(19(27)28)15(24)10-13/h1-5,8-10,24H,6-7H2,(H,22,25)(H,27,28)/b16-9-. The smallest absolute Gasteiger partial charge is 0.339 e. The minimum absolute atomic E-state index is 0.0379. The molecular weight excluding hydrogens is 431 g/mol. The molecule has 1 aliphatic rings. The van der Waals surface area contributed by atoms with Crippen LogP contribution in [0.1, 0.15) is 22.3 Å². The summed E-state index contributed by atoms with van der Waals surface area (Å²) in [6, 6.07) is 9.44. The van der Waals surface area contributed by atoms with Crippen LogP contribution in [-0.2, 0) is 9.59 Å². The normalized spacial score (nSPS) is 15.0. The summed E-state index contributed by atoms with van der Waals surface area (Å²) in [6.07, 6.45) is 1.47. The van der Waals surface area contributed by atoms with Crippen molar-refractivity contribution in [2.45, 2.75) is 6.42 Å². The topological polar surface area (TPSA) is 107 Å². The van der Waals surface area contributed by atoms with Crippen LogP contribution in [-0.4, -0.2) is 43.8 Å². The predicted octanol–water partition coefficient (Wildman–Crippen LogP) is 3.46. The summed E-state index contributed by atoms with van der Waals surface area (Å²) in [5, 5.41) is 21.1. The second kappa shape index (κ2) is 9.06. The minimum atomic E-state index is -1.29. The number of rotatable bonds is 6. The molecule has 2 amide bonds. The van der Waals surface area contributed by atoms with Crippen molar-refractivity contribution in [3.63, 3.8) is 0 Å². The van der Waals surface area contributed by atoms with Gasteiger partial charge in [0.05, 0.1) is 4.91 Å². The first-order valence-corrected chi connectivity index (χ1v) is 9.84. The number of aromatic carboxylic acids is 1.